The second-order valence-electron chi connectivity index (χ2n) is 3.71. The number of hydrogen-bond donors (Lipinski definition) is 1. The van der Waals surface area contributed by atoms with E-state index in [-0.39, 0.29) is 0 Å². The Labute approximate surface area is 111 Å². The molecule has 2 aromatic rings. The average molecular weight is 265 g/mol. The van der Waals surface area contributed by atoms with Crippen LogP contribution in [-0.4, -0.2) is 0 Å². The van der Waals surface area contributed by atoms with E-state index in [2.05, 4.69) is 23.5 Å². The lowest BCUT2D eigenvalue weighted by molar-refractivity contribution is 0.693. The Morgan fingerprint density at radius 3 is 2.53 bits per heavy atom. The largest absolute Gasteiger partial charge is 0.309 e. The molecule has 0 aliphatic heterocycles. The van der Waals surface area contributed by atoms with Crippen LogP contribution in [0.2, 0.25) is 10.0 Å². The van der Waals surface area contributed by atoms with Gasteiger partial charge in [0.15, 0.2) is 0 Å². The molecule has 0 bridgehead atoms. The van der Waals surface area contributed by atoms with Crippen LogP contribution in [0.5, 0.6) is 0 Å². The summed E-state index contributed by atoms with van der Waals surface area (Å²) in [5, 5.41) is 4.46. The first-order chi connectivity index (χ1) is 8.27. The van der Waals surface area contributed by atoms with Crippen LogP contribution >= 0.6 is 23.2 Å². The molecule has 0 amide bonds. The molecule has 0 atom stereocenters. The van der Waals surface area contributed by atoms with Gasteiger partial charge in [0.1, 0.15) is 0 Å². The molecular weight excluding hydrogens is 253 g/mol. The number of nitrogens with one attached hydrogen (secondary N) is 1. The van der Waals surface area contributed by atoms with Crippen molar-refractivity contribution >= 4 is 23.2 Å². The van der Waals surface area contributed by atoms with Crippen molar-refractivity contribution in [2.45, 2.75) is 13.1 Å². The normalized spacial score (nSPS) is 10.5. The zero-order valence-corrected chi connectivity index (χ0v) is 10.7. The zero-order valence-electron chi connectivity index (χ0n) is 9.21. The van der Waals surface area contributed by atoms with E-state index < -0.39 is 0 Å². The highest BCUT2D eigenvalue weighted by Crippen LogP contribution is 2.24. The molecule has 0 saturated carbocycles. The van der Waals surface area contributed by atoms with Gasteiger partial charge in [-0.15, -0.1) is 0 Å². The van der Waals surface area contributed by atoms with Crippen LogP contribution < -0.4 is 5.32 Å². The van der Waals surface area contributed by atoms with Gasteiger partial charge in [-0.3, -0.25) is 0 Å². The van der Waals surface area contributed by atoms with Gasteiger partial charge in [-0.25, -0.2) is 0 Å². The standard InChI is InChI=1S/C14H12Cl2N/c15-13-8-4-7-12(14(13)16)10-17-9-11-5-2-1-3-6-11/h1-6,8,17H,9-10H2. The minimum Gasteiger partial charge on any atom is -0.309 e. The molecule has 0 spiro atoms. The molecule has 2 aromatic carbocycles. The molecule has 1 N–H and O–H groups in total. The molecule has 0 saturated heterocycles. The van der Waals surface area contributed by atoms with Crippen molar-refractivity contribution in [2.24, 2.45) is 0 Å². The van der Waals surface area contributed by atoms with Crippen LogP contribution in [0.4, 0.5) is 0 Å². The third-order valence-corrected chi connectivity index (χ3v) is 3.28. The molecule has 1 nitrogen and oxygen atoms in total. The summed E-state index contributed by atoms with van der Waals surface area (Å²) in [6.45, 7) is 1.46. The lowest BCUT2D eigenvalue weighted by atomic mass is 10.2. The zero-order chi connectivity index (χ0) is 12.1. The van der Waals surface area contributed by atoms with Crippen molar-refractivity contribution in [3.8, 4) is 0 Å². The van der Waals surface area contributed by atoms with Gasteiger partial charge in [0.05, 0.1) is 10.0 Å². The van der Waals surface area contributed by atoms with Crippen molar-refractivity contribution in [1.82, 2.24) is 5.32 Å². The van der Waals surface area contributed by atoms with E-state index in [1.807, 2.05) is 18.2 Å². The highest BCUT2D eigenvalue weighted by molar-refractivity contribution is 6.42. The summed E-state index contributed by atoms with van der Waals surface area (Å²) in [5.74, 6) is 0. The third-order valence-electron chi connectivity index (χ3n) is 2.44. The van der Waals surface area contributed by atoms with Gasteiger partial charge in [-0.05, 0) is 23.3 Å². The maximum Gasteiger partial charge on any atom is 0.0643 e. The molecule has 0 aliphatic rings. The fraction of sp³-hybridized carbons (Fsp3) is 0.143. The number of halogens is 2. The van der Waals surface area contributed by atoms with Gasteiger partial charge < -0.3 is 5.32 Å². The maximum absolute atomic E-state index is 6.07. The Hall–Kier alpha value is -1.02. The minimum absolute atomic E-state index is 0.571. The van der Waals surface area contributed by atoms with E-state index in [1.54, 1.807) is 12.1 Å². The Morgan fingerprint density at radius 1 is 1.00 bits per heavy atom. The Balaban J connectivity index is 1.93. The van der Waals surface area contributed by atoms with Gasteiger partial charge in [0.2, 0.25) is 0 Å². The molecule has 0 fully saturated rings. The summed E-state index contributed by atoms with van der Waals surface area (Å²) in [6.07, 6.45) is 0. The summed E-state index contributed by atoms with van der Waals surface area (Å²) in [4.78, 5) is 0. The summed E-state index contributed by atoms with van der Waals surface area (Å²) in [7, 11) is 0. The van der Waals surface area contributed by atoms with Crippen LogP contribution in [0.25, 0.3) is 0 Å². The van der Waals surface area contributed by atoms with Gasteiger partial charge in [-0.1, -0.05) is 59.6 Å². The molecule has 0 heterocycles. The quantitative estimate of drug-likeness (QED) is 0.878. The Kier molecular flexibility index (Phi) is 4.43. The summed E-state index contributed by atoms with van der Waals surface area (Å²) in [6, 6.07) is 16.8. The van der Waals surface area contributed by atoms with Crippen molar-refractivity contribution in [2.75, 3.05) is 0 Å². The van der Waals surface area contributed by atoms with E-state index in [1.165, 1.54) is 5.56 Å². The van der Waals surface area contributed by atoms with Gasteiger partial charge in [-0.2, -0.15) is 0 Å². The second kappa shape index (κ2) is 6.06. The third kappa shape index (κ3) is 3.47. The van der Waals surface area contributed by atoms with Gasteiger partial charge in [0.25, 0.3) is 0 Å². The van der Waals surface area contributed by atoms with Crippen molar-refractivity contribution < 1.29 is 0 Å². The van der Waals surface area contributed by atoms with Gasteiger partial charge >= 0.3 is 0 Å². The lowest BCUT2D eigenvalue weighted by Gasteiger charge is -2.07. The molecule has 2 rings (SSSR count). The average Bonchev–Trinajstić information content (AvgIpc) is 2.36. The topological polar surface area (TPSA) is 12.0 Å². The SMILES string of the molecule is Clc1cc[c]c(CNCc2ccccc2)c1Cl. The molecule has 1 radical (unpaired) electrons. The predicted molar refractivity (Wildman–Crippen MR) is 72.3 cm³/mol. The van der Waals surface area contributed by atoms with Crippen molar-refractivity contribution in [1.29, 1.82) is 0 Å². The predicted octanol–water partition coefficient (Wildman–Crippen LogP) is 4.08. The van der Waals surface area contributed by atoms with Crippen LogP contribution in [0.3, 0.4) is 0 Å². The molecule has 0 aliphatic carbocycles. The molecule has 0 unspecified atom stereocenters. The first-order valence-corrected chi connectivity index (χ1v) is 6.12. The molecule has 3 heteroatoms. The summed E-state index contributed by atoms with van der Waals surface area (Å²) >= 11 is 12.0. The fourth-order valence-electron chi connectivity index (χ4n) is 1.55. The fourth-order valence-corrected chi connectivity index (χ4v) is 1.91. The molecule has 17 heavy (non-hydrogen) atoms. The smallest absolute Gasteiger partial charge is 0.0643 e. The maximum atomic E-state index is 6.07. The van der Waals surface area contributed by atoms with Crippen LogP contribution in [-0.2, 0) is 13.1 Å². The number of benzene rings is 2. The molecule has 0 aromatic heterocycles. The van der Waals surface area contributed by atoms with E-state index in [0.29, 0.717) is 16.6 Å². The first kappa shape index (κ1) is 12.4. The number of hydrogen-bond acceptors (Lipinski definition) is 1. The molecular formula is C14H12Cl2N. The van der Waals surface area contributed by atoms with Gasteiger partial charge in [0, 0.05) is 13.1 Å². The Bertz CT molecular complexity index is 483. The van der Waals surface area contributed by atoms with E-state index in [4.69, 9.17) is 23.2 Å². The van der Waals surface area contributed by atoms with E-state index in [0.717, 1.165) is 12.1 Å². The van der Waals surface area contributed by atoms with E-state index >= 15 is 0 Å². The highest BCUT2D eigenvalue weighted by atomic mass is 35.5. The van der Waals surface area contributed by atoms with E-state index in [9.17, 15) is 0 Å². The second-order valence-corrected chi connectivity index (χ2v) is 4.49. The van der Waals surface area contributed by atoms with Crippen molar-refractivity contribution in [3.63, 3.8) is 0 Å². The first-order valence-electron chi connectivity index (χ1n) is 5.36. The van der Waals surface area contributed by atoms with Crippen LogP contribution in [0.1, 0.15) is 11.1 Å². The van der Waals surface area contributed by atoms with Crippen LogP contribution in [0, 0.1) is 6.07 Å². The minimum atomic E-state index is 0.571. The molecule has 87 valence electrons. The lowest BCUT2D eigenvalue weighted by Crippen LogP contribution is -2.13. The summed E-state index contributed by atoms with van der Waals surface area (Å²) < 4.78 is 0. The van der Waals surface area contributed by atoms with Crippen LogP contribution in [0.15, 0.2) is 42.5 Å². The monoisotopic (exact) mass is 264 g/mol. The highest BCUT2D eigenvalue weighted by Gasteiger charge is 2.03. The number of rotatable bonds is 4. The van der Waals surface area contributed by atoms with Crippen molar-refractivity contribution in [3.05, 3.63) is 69.7 Å². The Morgan fingerprint density at radius 2 is 1.76 bits per heavy atom. The summed E-state index contributed by atoms with van der Waals surface area (Å²) in [5.41, 5.74) is 2.14.